The molecule has 0 radical (unpaired) electrons. The average molecular weight is 391 g/mol. The van der Waals surface area contributed by atoms with Gasteiger partial charge in [0.15, 0.2) is 0 Å². The second-order valence-electron chi connectivity index (χ2n) is 7.46. The smallest absolute Gasteiger partial charge is 0.343 e. The number of fused-ring (bicyclic) bond motifs is 1. The molecule has 6 heteroatoms. The fraction of sp³-hybridized carbons (Fsp3) is 0.304. The normalized spacial score (nSPS) is 14.9. The second kappa shape index (κ2) is 8.09. The zero-order valence-electron chi connectivity index (χ0n) is 16.8. The number of ether oxygens (including phenoxy) is 1. The Hall–Kier alpha value is -3.12. The van der Waals surface area contributed by atoms with Crippen LogP contribution < -0.4 is 10.3 Å². The summed E-state index contributed by atoms with van der Waals surface area (Å²) >= 11 is 0. The summed E-state index contributed by atoms with van der Waals surface area (Å²) < 4.78 is 4.70. The number of rotatable bonds is 4. The van der Waals surface area contributed by atoms with Crippen molar-refractivity contribution in [2.24, 2.45) is 0 Å². The van der Waals surface area contributed by atoms with E-state index >= 15 is 0 Å². The molecule has 1 aliphatic heterocycles. The topological polar surface area (TPSA) is 65.6 Å². The highest BCUT2D eigenvalue weighted by atomic mass is 16.5. The van der Waals surface area contributed by atoms with E-state index in [0.29, 0.717) is 5.39 Å². The van der Waals surface area contributed by atoms with E-state index in [-0.39, 0.29) is 11.0 Å². The summed E-state index contributed by atoms with van der Waals surface area (Å²) in [7, 11) is 1.28. The third kappa shape index (κ3) is 3.89. The minimum absolute atomic E-state index is 0.0293. The van der Waals surface area contributed by atoms with Gasteiger partial charge in [-0.1, -0.05) is 30.3 Å². The number of aromatic amines is 1. The largest absolute Gasteiger partial charge is 0.465 e. The van der Waals surface area contributed by atoms with Crippen molar-refractivity contribution < 1.29 is 9.53 Å². The van der Waals surface area contributed by atoms with E-state index in [1.807, 2.05) is 25.1 Å². The highest BCUT2D eigenvalue weighted by Crippen LogP contribution is 2.26. The van der Waals surface area contributed by atoms with Crippen molar-refractivity contribution in [3.05, 3.63) is 75.6 Å². The fourth-order valence-corrected chi connectivity index (χ4v) is 3.96. The highest BCUT2D eigenvalue weighted by Gasteiger charge is 2.20. The number of aromatic nitrogens is 1. The molecule has 0 aliphatic carbocycles. The third-order valence-electron chi connectivity index (χ3n) is 5.56. The number of H-pyrrole nitrogens is 1. The molecule has 2 aromatic carbocycles. The molecular weight excluding hydrogens is 366 g/mol. The number of nitrogens with one attached hydrogen (secondary N) is 1. The molecular formula is C23H25N3O3. The number of hydrogen-bond acceptors (Lipinski definition) is 5. The van der Waals surface area contributed by atoms with E-state index in [4.69, 9.17) is 4.74 Å². The maximum Gasteiger partial charge on any atom is 0.343 e. The number of nitrogens with zero attached hydrogens (tertiary/aromatic N) is 2. The van der Waals surface area contributed by atoms with Crippen molar-refractivity contribution in [2.75, 3.05) is 38.2 Å². The molecule has 0 saturated carbocycles. The zero-order valence-corrected chi connectivity index (χ0v) is 16.8. The molecule has 0 spiro atoms. The first kappa shape index (κ1) is 19.2. The summed E-state index contributed by atoms with van der Waals surface area (Å²) in [6.07, 6.45) is 1.44. The van der Waals surface area contributed by atoms with Gasteiger partial charge in [-0.05, 0) is 30.2 Å². The Labute approximate surface area is 169 Å². The summed E-state index contributed by atoms with van der Waals surface area (Å²) in [4.78, 5) is 32.3. The lowest BCUT2D eigenvalue weighted by molar-refractivity contribution is 0.0599. The summed E-state index contributed by atoms with van der Waals surface area (Å²) in [6, 6.07) is 14.4. The van der Waals surface area contributed by atoms with Crippen molar-refractivity contribution in [3.8, 4) is 0 Å². The number of carbonyl (C=O) groups is 1. The van der Waals surface area contributed by atoms with Gasteiger partial charge in [0.05, 0.1) is 12.6 Å². The van der Waals surface area contributed by atoms with E-state index in [1.165, 1.54) is 18.9 Å². The van der Waals surface area contributed by atoms with E-state index in [1.54, 1.807) is 0 Å². The Bertz CT molecular complexity index is 1080. The number of hydrogen-bond donors (Lipinski definition) is 1. The molecule has 150 valence electrons. The molecule has 1 saturated heterocycles. The number of pyridine rings is 1. The Kier molecular flexibility index (Phi) is 5.36. The maximum atomic E-state index is 12.6. The Morgan fingerprint density at radius 3 is 2.52 bits per heavy atom. The molecule has 1 fully saturated rings. The van der Waals surface area contributed by atoms with E-state index < -0.39 is 5.97 Å². The van der Waals surface area contributed by atoms with Crippen LogP contribution in [-0.2, 0) is 11.3 Å². The number of aryl methyl sites for hydroxylation is 1. The van der Waals surface area contributed by atoms with E-state index in [0.717, 1.165) is 49.5 Å². The monoisotopic (exact) mass is 391 g/mol. The lowest BCUT2D eigenvalue weighted by Gasteiger charge is -2.37. The second-order valence-corrected chi connectivity index (χ2v) is 7.46. The average Bonchev–Trinajstić information content (AvgIpc) is 2.75. The van der Waals surface area contributed by atoms with Gasteiger partial charge < -0.3 is 14.6 Å². The Balaban J connectivity index is 1.53. The van der Waals surface area contributed by atoms with Crippen molar-refractivity contribution in [2.45, 2.75) is 13.5 Å². The SMILES string of the molecule is COC(=O)c1c[nH]c2cc(N3CCN(Cc4ccccc4)CC3)c(C)cc2c1=O. The van der Waals surface area contributed by atoms with Crippen LogP contribution in [0.4, 0.5) is 5.69 Å². The van der Waals surface area contributed by atoms with Crippen LogP contribution in [-0.4, -0.2) is 49.1 Å². The standard InChI is InChI=1S/C23H25N3O3/c1-16-12-18-20(24-14-19(22(18)27)23(28)29-2)13-21(16)26-10-8-25(9-11-26)15-17-6-4-3-5-7-17/h3-7,12-14H,8-11,15H2,1-2H3,(H,24,27). The van der Waals surface area contributed by atoms with Crippen LogP contribution in [0.1, 0.15) is 21.5 Å². The maximum absolute atomic E-state index is 12.6. The molecule has 2 heterocycles. The number of carbonyl (C=O) groups excluding carboxylic acids is 1. The molecule has 3 aromatic rings. The first-order valence-electron chi connectivity index (χ1n) is 9.82. The number of anilines is 1. The van der Waals surface area contributed by atoms with Crippen molar-refractivity contribution in [3.63, 3.8) is 0 Å². The summed E-state index contributed by atoms with van der Waals surface area (Å²) in [5.41, 5.74) is 3.95. The molecule has 29 heavy (non-hydrogen) atoms. The van der Waals surface area contributed by atoms with E-state index in [2.05, 4.69) is 39.0 Å². The van der Waals surface area contributed by atoms with Crippen LogP contribution in [0.25, 0.3) is 10.9 Å². The van der Waals surface area contributed by atoms with Crippen molar-refractivity contribution in [1.29, 1.82) is 0 Å². The Morgan fingerprint density at radius 1 is 1.10 bits per heavy atom. The lowest BCUT2D eigenvalue weighted by Crippen LogP contribution is -2.46. The molecule has 0 atom stereocenters. The quantitative estimate of drug-likeness (QED) is 0.693. The van der Waals surface area contributed by atoms with Crippen LogP contribution in [0.3, 0.4) is 0 Å². The lowest BCUT2D eigenvalue weighted by atomic mass is 10.1. The molecule has 1 aromatic heterocycles. The molecule has 0 unspecified atom stereocenters. The predicted molar refractivity (Wildman–Crippen MR) is 115 cm³/mol. The van der Waals surface area contributed by atoms with Crippen molar-refractivity contribution in [1.82, 2.24) is 9.88 Å². The highest BCUT2D eigenvalue weighted by molar-refractivity contribution is 5.94. The predicted octanol–water partition coefficient (Wildman–Crippen LogP) is 2.95. The minimum atomic E-state index is -0.621. The van der Waals surface area contributed by atoms with Crippen LogP contribution in [0.5, 0.6) is 0 Å². The third-order valence-corrected chi connectivity index (χ3v) is 5.56. The zero-order chi connectivity index (χ0) is 20.4. The first-order chi connectivity index (χ1) is 14.1. The van der Waals surface area contributed by atoms with Crippen LogP contribution >= 0.6 is 0 Å². The van der Waals surface area contributed by atoms with Gasteiger partial charge in [0.1, 0.15) is 5.56 Å². The van der Waals surface area contributed by atoms with Gasteiger partial charge in [0.2, 0.25) is 5.43 Å². The Morgan fingerprint density at radius 2 is 1.83 bits per heavy atom. The molecule has 4 rings (SSSR count). The summed E-state index contributed by atoms with van der Waals surface area (Å²) in [6.45, 7) is 6.83. The van der Waals surface area contributed by atoms with Gasteiger partial charge in [-0.2, -0.15) is 0 Å². The molecule has 6 nitrogen and oxygen atoms in total. The minimum Gasteiger partial charge on any atom is -0.465 e. The number of esters is 1. The molecule has 1 aliphatic rings. The van der Waals surface area contributed by atoms with Gasteiger partial charge in [-0.25, -0.2) is 4.79 Å². The summed E-state index contributed by atoms with van der Waals surface area (Å²) in [5, 5.41) is 0.511. The number of benzene rings is 2. The van der Waals surface area contributed by atoms with Crippen molar-refractivity contribution >= 4 is 22.6 Å². The summed E-state index contributed by atoms with van der Waals surface area (Å²) in [5.74, 6) is -0.621. The van der Waals surface area contributed by atoms with Crippen LogP contribution in [0.2, 0.25) is 0 Å². The molecule has 0 bridgehead atoms. The van der Waals surface area contributed by atoms with Gasteiger partial charge in [0, 0.05) is 50.0 Å². The van der Waals surface area contributed by atoms with Gasteiger partial charge >= 0.3 is 5.97 Å². The number of piperazine rings is 1. The van der Waals surface area contributed by atoms with Gasteiger partial charge in [-0.3, -0.25) is 9.69 Å². The fourth-order valence-electron chi connectivity index (χ4n) is 3.96. The molecule has 1 N–H and O–H groups in total. The first-order valence-corrected chi connectivity index (χ1v) is 9.82. The van der Waals surface area contributed by atoms with Crippen LogP contribution in [0.15, 0.2) is 53.5 Å². The van der Waals surface area contributed by atoms with Gasteiger partial charge in [0.25, 0.3) is 0 Å². The van der Waals surface area contributed by atoms with Crippen LogP contribution in [0, 0.1) is 6.92 Å². The van der Waals surface area contributed by atoms with E-state index in [9.17, 15) is 9.59 Å². The van der Waals surface area contributed by atoms with Gasteiger partial charge in [-0.15, -0.1) is 0 Å². The molecule has 0 amide bonds. The number of methoxy groups -OCH3 is 1.